The lowest BCUT2D eigenvalue weighted by atomic mass is 10.1. The van der Waals surface area contributed by atoms with E-state index in [1.165, 1.54) is 5.56 Å². The van der Waals surface area contributed by atoms with Crippen molar-refractivity contribution in [1.29, 1.82) is 0 Å². The fourth-order valence-electron chi connectivity index (χ4n) is 2.06. The number of pyridine rings is 1. The lowest BCUT2D eigenvalue weighted by Gasteiger charge is -2.22. The van der Waals surface area contributed by atoms with Crippen molar-refractivity contribution in [2.24, 2.45) is 10.9 Å². The number of hydrogen-bond acceptors (Lipinski definition) is 4. The number of halogens is 1. The summed E-state index contributed by atoms with van der Waals surface area (Å²) in [6.45, 7) is 0.812. The van der Waals surface area contributed by atoms with E-state index < -0.39 is 0 Å². The molecule has 3 N–H and O–H groups in total. The van der Waals surface area contributed by atoms with Crippen LogP contribution < -0.4 is 10.6 Å². The van der Waals surface area contributed by atoms with Gasteiger partial charge in [0.1, 0.15) is 0 Å². The molecule has 6 heteroatoms. The average Bonchev–Trinajstić information content (AvgIpc) is 2.52. The van der Waals surface area contributed by atoms with Crippen molar-refractivity contribution in [3.05, 3.63) is 58.3 Å². The van der Waals surface area contributed by atoms with Gasteiger partial charge in [0.05, 0.1) is 0 Å². The van der Waals surface area contributed by atoms with Gasteiger partial charge in [0.15, 0.2) is 5.84 Å². The zero-order valence-electron chi connectivity index (χ0n) is 11.7. The Morgan fingerprint density at radius 1 is 1.33 bits per heavy atom. The highest BCUT2D eigenvalue weighted by Gasteiger charge is 2.12. The Bertz CT molecular complexity index is 631. The Kier molecular flexibility index (Phi) is 5.16. The van der Waals surface area contributed by atoms with Gasteiger partial charge in [-0.2, -0.15) is 0 Å². The number of hydrogen-bond donors (Lipinski definition) is 2. The minimum atomic E-state index is 0.105. The van der Waals surface area contributed by atoms with Gasteiger partial charge in [0.2, 0.25) is 0 Å². The van der Waals surface area contributed by atoms with E-state index in [4.69, 9.17) is 10.9 Å². The Morgan fingerprint density at radius 2 is 2.05 bits per heavy atom. The van der Waals surface area contributed by atoms with Gasteiger partial charge in [-0.1, -0.05) is 21.1 Å². The Labute approximate surface area is 132 Å². The molecular formula is C15H17BrN4O. The van der Waals surface area contributed by atoms with E-state index in [-0.39, 0.29) is 5.84 Å². The quantitative estimate of drug-likeness (QED) is 0.377. The summed E-state index contributed by atoms with van der Waals surface area (Å²) in [6.07, 6.45) is 4.47. The normalized spacial score (nSPS) is 11.4. The monoisotopic (exact) mass is 348 g/mol. The van der Waals surface area contributed by atoms with Crippen molar-refractivity contribution in [3.8, 4) is 0 Å². The van der Waals surface area contributed by atoms with Crippen molar-refractivity contribution >= 4 is 27.5 Å². The molecule has 2 aromatic rings. The van der Waals surface area contributed by atoms with Crippen LogP contribution in [-0.2, 0) is 6.42 Å². The maximum atomic E-state index is 8.90. The number of nitrogens with two attached hydrogens (primary N) is 1. The van der Waals surface area contributed by atoms with E-state index >= 15 is 0 Å². The van der Waals surface area contributed by atoms with Crippen molar-refractivity contribution < 1.29 is 5.21 Å². The minimum Gasteiger partial charge on any atom is -0.409 e. The molecular weight excluding hydrogens is 332 g/mol. The first kappa shape index (κ1) is 15.3. The van der Waals surface area contributed by atoms with Gasteiger partial charge in [-0.25, -0.2) is 0 Å². The predicted octanol–water partition coefficient (Wildman–Crippen LogP) is 2.62. The van der Waals surface area contributed by atoms with Gasteiger partial charge in [-0.15, -0.1) is 0 Å². The van der Waals surface area contributed by atoms with E-state index in [0.29, 0.717) is 5.56 Å². The van der Waals surface area contributed by atoms with Gasteiger partial charge in [0.25, 0.3) is 0 Å². The smallest absolute Gasteiger partial charge is 0.172 e. The number of oxime groups is 1. The number of aromatic nitrogens is 1. The third-order valence-electron chi connectivity index (χ3n) is 3.24. The summed E-state index contributed by atoms with van der Waals surface area (Å²) in [6, 6.07) is 9.66. The first-order chi connectivity index (χ1) is 10.1. The molecule has 0 saturated heterocycles. The molecule has 0 aliphatic carbocycles. The fourth-order valence-corrected chi connectivity index (χ4v) is 2.41. The van der Waals surface area contributed by atoms with Crippen LogP contribution in [0.5, 0.6) is 0 Å². The second kappa shape index (κ2) is 7.08. The first-order valence-corrected chi connectivity index (χ1v) is 7.28. The maximum Gasteiger partial charge on any atom is 0.172 e. The molecule has 0 atom stereocenters. The summed E-state index contributed by atoms with van der Waals surface area (Å²) in [5, 5.41) is 12.0. The molecule has 0 radical (unpaired) electrons. The average molecular weight is 349 g/mol. The maximum absolute atomic E-state index is 8.90. The number of likely N-dealkylation sites (N-methyl/N-ethyl adjacent to an activating group) is 1. The molecule has 0 amide bonds. The molecule has 0 saturated carbocycles. The van der Waals surface area contributed by atoms with Crippen molar-refractivity contribution in [3.63, 3.8) is 0 Å². The van der Waals surface area contributed by atoms with E-state index in [1.807, 2.05) is 37.4 Å². The first-order valence-electron chi connectivity index (χ1n) is 6.49. The van der Waals surface area contributed by atoms with Crippen LogP contribution in [0.15, 0.2) is 52.4 Å². The lowest BCUT2D eigenvalue weighted by Crippen LogP contribution is -2.25. The lowest BCUT2D eigenvalue weighted by molar-refractivity contribution is 0.318. The van der Waals surface area contributed by atoms with Crippen LogP contribution in [0.3, 0.4) is 0 Å². The molecule has 0 spiro atoms. The largest absolute Gasteiger partial charge is 0.409 e. The van der Waals surface area contributed by atoms with Crippen LogP contribution in [0.4, 0.5) is 5.69 Å². The summed E-state index contributed by atoms with van der Waals surface area (Å²) < 4.78 is 0.947. The van der Waals surface area contributed by atoms with Crippen molar-refractivity contribution in [1.82, 2.24) is 4.98 Å². The SMILES string of the molecule is CN(CCc1ccncc1)c1cc(Br)ccc1/C(N)=N/O. The Hall–Kier alpha value is -2.08. The van der Waals surface area contributed by atoms with Crippen LogP contribution >= 0.6 is 15.9 Å². The van der Waals surface area contributed by atoms with Crippen LogP contribution in [0, 0.1) is 0 Å². The number of amidine groups is 1. The Balaban J connectivity index is 2.18. The summed E-state index contributed by atoms with van der Waals surface area (Å²) in [5.74, 6) is 0.105. The van der Waals surface area contributed by atoms with Gasteiger partial charge in [-0.3, -0.25) is 4.98 Å². The minimum absolute atomic E-state index is 0.105. The van der Waals surface area contributed by atoms with Crippen molar-refractivity contribution in [2.45, 2.75) is 6.42 Å². The Morgan fingerprint density at radius 3 is 2.71 bits per heavy atom. The van der Waals surface area contributed by atoms with Gasteiger partial charge in [0, 0.05) is 41.7 Å². The third kappa shape index (κ3) is 3.95. The predicted molar refractivity (Wildman–Crippen MR) is 87.9 cm³/mol. The van der Waals surface area contributed by atoms with Gasteiger partial charge >= 0.3 is 0 Å². The molecule has 1 aromatic heterocycles. The number of nitrogens with zero attached hydrogens (tertiary/aromatic N) is 3. The second-order valence-corrected chi connectivity index (χ2v) is 5.59. The summed E-state index contributed by atoms with van der Waals surface area (Å²) >= 11 is 3.45. The van der Waals surface area contributed by atoms with E-state index in [2.05, 4.69) is 31.0 Å². The molecule has 0 fully saturated rings. The molecule has 0 unspecified atom stereocenters. The van der Waals surface area contributed by atoms with Gasteiger partial charge < -0.3 is 15.8 Å². The molecule has 1 aromatic carbocycles. The van der Waals surface area contributed by atoms with Crippen molar-refractivity contribution in [2.75, 3.05) is 18.5 Å². The third-order valence-corrected chi connectivity index (χ3v) is 3.73. The molecule has 21 heavy (non-hydrogen) atoms. The highest BCUT2D eigenvalue weighted by Crippen LogP contribution is 2.24. The number of rotatable bonds is 5. The molecule has 0 aliphatic heterocycles. The molecule has 0 aliphatic rings. The summed E-state index contributed by atoms with van der Waals surface area (Å²) in [7, 11) is 1.98. The molecule has 1 heterocycles. The van der Waals surface area contributed by atoms with Gasteiger partial charge in [-0.05, 0) is 42.3 Å². The summed E-state index contributed by atoms with van der Waals surface area (Å²) in [5.41, 5.74) is 8.58. The van der Waals surface area contributed by atoms with Crippen LogP contribution in [0.1, 0.15) is 11.1 Å². The fraction of sp³-hybridized carbons (Fsp3) is 0.200. The standard InChI is InChI=1S/C15H17BrN4O/c1-20(9-6-11-4-7-18-8-5-11)14-10-12(16)2-3-13(14)15(17)19-21/h2-5,7-8,10,21H,6,9H2,1H3,(H2,17,19). The molecule has 0 bridgehead atoms. The van der Waals surface area contributed by atoms with E-state index in [1.54, 1.807) is 12.4 Å². The van der Waals surface area contributed by atoms with Crippen LogP contribution in [0.25, 0.3) is 0 Å². The number of anilines is 1. The molecule has 110 valence electrons. The zero-order valence-corrected chi connectivity index (χ0v) is 13.3. The van der Waals surface area contributed by atoms with Crippen LogP contribution in [-0.4, -0.2) is 29.6 Å². The second-order valence-electron chi connectivity index (χ2n) is 4.67. The topological polar surface area (TPSA) is 74.7 Å². The molecule has 2 rings (SSSR count). The van der Waals surface area contributed by atoms with E-state index in [0.717, 1.165) is 23.1 Å². The zero-order chi connectivity index (χ0) is 15.2. The highest BCUT2D eigenvalue weighted by molar-refractivity contribution is 9.10. The number of benzene rings is 1. The van der Waals surface area contributed by atoms with Crippen LogP contribution in [0.2, 0.25) is 0 Å². The molecule has 5 nitrogen and oxygen atoms in total. The van der Waals surface area contributed by atoms with E-state index in [9.17, 15) is 0 Å². The highest BCUT2D eigenvalue weighted by atomic mass is 79.9. The summed E-state index contributed by atoms with van der Waals surface area (Å²) in [4.78, 5) is 6.09.